The second-order valence-corrected chi connectivity index (χ2v) is 10.4. The Morgan fingerprint density at radius 3 is 1.91 bits per heavy atom. The van der Waals surface area contributed by atoms with E-state index in [1.807, 2.05) is 97.1 Å². The van der Waals surface area contributed by atoms with Gasteiger partial charge in [-0.05, 0) is 72.0 Å². The quantitative estimate of drug-likeness (QED) is 0.130. The molecule has 6 nitrogen and oxygen atoms in total. The largest absolute Gasteiger partial charge is 0.457 e. The molecule has 1 unspecified atom stereocenters. The number of nitrogen functional groups attached to an aromatic ring is 1. The van der Waals surface area contributed by atoms with Gasteiger partial charge >= 0.3 is 0 Å². The first kappa shape index (κ1) is 29.0. The van der Waals surface area contributed by atoms with E-state index in [2.05, 4.69) is 12.1 Å². The van der Waals surface area contributed by atoms with Gasteiger partial charge < -0.3 is 15.4 Å². The number of ether oxygens (including phenoxy) is 1. The zero-order chi connectivity index (χ0) is 30.2. The number of Topliss-reactive ketones (excluding diaryl/α,β-unsaturated/α-hetero) is 1. The van der Waals surface area contributed by atoms with Gasteiger partial charge in [-0.3, -0.25) is 15.0 Å². The van der Waals surface area contributed by atoms with Gasteiger partial charge in [0, 0.05) is 17.7 Å². The van der Waals surface area contributed by atoms with E-state index in [0.717, 1.165) is 22.3 Å². The van der Waals surface area contributed by atoms with Crippen LogP contribution in [0.3, 0.4) is 0 Å². The van der Waals surface area contributed by atoms with Crippen molar-refractivity contribution in [3.63, 3.8) is 0 Å². The Kier molecular flexibility index (Phi) is 9.08. The molecule has 5 rings (SSSR count). The van der Waals surface area contributed by atoms with Crippen molar-refractivity contribution in [1.82, 2.24) is 4.90 Å². The summed E-state index contributed by atoms with van der Waals surface area (Å²) in [5.41, 5.74) is 10.5. The van der Waals surface area contributed by atoms with Gasteiger partial charge in [-0.25, -0.2) is 0 Å². The Morgan fingerprint density at radius 1 is 0.698 bits per heavy atom. The Labute approximate surface area is 251 Å². The van der Waals surface area contributed by atoms with Crippen LogP contribution in [0.15, 0.2) is 133 Å². The summed E-state index contributed by atoms with van der Waals surface area (Å²) in [6.07, 6.45) is 0.363. The van der Waals surface area contributed by atoms with Crippen LogP contribution >= 0.6 is 0 Å². The third kappa shape index (κ3) is 7.43. The molecule has 1 amide bonds. The van der Waals surface area contributed by atoms with Gasteiger partial charge in [-0.2, -0.15) is 0 Å². The molecule has 0 aliphatic heterocycles. The molecule has 0 spiro atoms. The zero-order valence-electron chi connectivity index (χ0n) is 23.9. The molecule has 5 aromatic rings. The van der Waals surface area contributed by atoms with Gasteiger partial charge in [0.2, 0.25) is 0 Å². The molecule has 0 saturated heterocycles. The van der Waals surface area contributed by atoms with Crippen molar-refractivity contribution in [3.05, 3.63) is 156 Å². The lowest BCUT2D eigenvalue weighted by Crippen LogP contribution is -2.45. The summed E-state index contributed by atoms with van der Waals surface area (Å²) in [7, 11) is 0. The number of rotatable bonds is 11. The van der Waals surface area contributed by atoms with Crippen LogP contribution in [0.25, 0.3) is 11.1 Å². The Morgan fingerprint density at radius 2 is 1.28 bits per heavy atom. The number of hydrogen-bond donors (Lipinski definition) is 2. The molecule has 0 aliphatic carbocycles. The van der Waals surface area contributed by atoms with E-state index in [0.29, 0.717) is 29.0 Å². The molecular formula is C37H33N3O3. The van der Waals surface area contributed by atoms with Crippen LogP contribution in [0.5, 0.6) is 11.5 Å². The first-order chi connectivity index (χ1) is 20.9. The van der Waals surface area contributed by atoms with Crippen LogP contribution in [0.4, 0.5) is 0 Å². The molecule has 43 heavy (non-hydrogen) atoms. The molecule has 0 radical (unpaired) electrons. The normalized spacial score (nSPS) is 11.4. The van der Waals surface area contributed by atoms with E-state index in [1.54, 1.807) is 29.2 Å². The highest BCUT2D eigenvalue weighted by molar-refractivity contribution is 6.00. The Balaban J connectivity index is 1.45. The van der Waals surface area contributed by atoms with Gasteiger partial charge in [-0.15, -0.1) is 0 Å². The van der Waals surface area contributed by atoms with Crippen molar-refractivity contribution in [3.8, 4) is 22.6 Å². The molecule has 5 aromatic carbocycles. The smallest absolute Gasteiger partial charge is 0.254 e. The minimum Gasteiger partial charge on any atom is -0.457 e. The van der Waals surface area contributed by atoms with Crippen LogP contribution in [-0.4, -0.2) is 28.5 Å². The van der Waals surface area contributed by atoms with Crippen LogP contribution in [0.2, 0.25) is 0 Å². The number of benzene rings is 5. The minimum atomic E-state index is -0.707. The minimum absolute atomic E-state index is 0.0772. The van der Waals surface area contributed by atoms with Gasteiger partial charge in [0.25, 0.3) is 5.91 Å². The maximum absolute atomic E-state index is 14.0. The van der Waals surface area contributed by atoms with Crippen LogP contribution < -0.4 is 10.5 Å². The first-order valence-electron chi connectivity index (χ1n) is 14.1. The number of para-hydroxylation sites is 1. The lowest BCUT2D eigenvalue weighted by molar-refractivity contribution is -0.121. The topological polar surface area (TPSA) is 96.5 Å². The fraction of sp³-hybridized carbons (Fsp3) is 0.108. The Hall–Kier alpha value is -5.49. The molecule has 6 heteroatoms. The molecule has 0 heterocycles. The monoisotopic (exact) mass is 567 g/mol. The second-order valence-electron chi connectivity index (χ2n) is 10.4. The lowest BCUT2D eigenvalue weighted by Gasteiger charge is -2.31. The van der Waals surface area contributed by atoms with Crippen molar-refractivity contribution < 1.29 is 14.3 Å². The number of amides is 1. The van der Waals surface area contributed by atoms with Crippen LogP contribution in [0.1, 0.15) is 34.0 Å². The number of nitrogens with one attached hydrogen (secondary N) is 1. The summed E-state index contributed by atoms with van der Waals surface area (Å²) in [5.74, 6) is 0.867. The fourth-order valence-corrected chi connectivity index (χ4v) is 4.97. The molecule has 1 atom stereocenters. The second kappa shape index (κ2) is 13.4. The zero-order valence-corrected chi connectivity index (χ0v) is 23.9. The van der Waals surface area contributed by atoms with E-state index in [9.17, 15) is 9.59 Å². The number of hydrogen-bond acceptors (Lipinski definition) is 4. The average molecular weight is 568 g/mol. The molecular weight excluding hydrogens is 534 g/mol. The maximum Gasteiger partial charge on any atom is 0.254 e. The van der Waals surface area contributed by atoms with Crippen LogP contribution in [0, 0.1) is 5.41 Å². The number of carbonyl (C=O) groups excluding carboxylic acids is 2. The summed E-state index contributed by atoms with van der Waals surface area (Å²) >= 11 is 0. The molecule has 0 aliphatic rings. The van der Waals surface area contributed by atoms with E-state index in [1.165, 1.54) is 6.92 Å². The first-order valence-corrected chi connectivity index (χ1v) is 14.1. The number of nitrogens with zero attached hydrogens (tertiary/aromatic N) is 1. The lowest BCUT2D eigenvalue weighted by atomic mass is 9.97. The molecule has 214 valence electrons. The molecule has 0 aromatic heterocycles. The predicted octanol–water partition coefficient (Wildman–Crippen LogP) is 7.27. The standard InChI is InChI=1S/C37H33N3O3/c1-26(41)35(24-27-15-17-30(18-16-27)29-10-4-2-5-11-29)40(37(42)32-21-19-31(20-22-32)36(38)39)25-28-9-8-14-34(23-28)43-33-12-6-3-7-13-33/h2-23,35H,24-25H2,1H3,(H3,38,39). The SMILES string of the molecule is CC(=O)C(Cc1ccc(-c2ccccc2)cc1)N(Cc1cccc(Oc2ccccc2)c1)C(=O)c1ccc(C(=N)N)cc1. The van der Waals surface area contributed by atoms with Gasteiger partial charge in [0.1, 0.15) is 17.3 Å². The van der Waals surface area contributed by atoms with E-state index in [4.69, 9.17) is 15.9 Å². The third-order valence-corrected chi connectivity index (χ3v) is 7.27. The summed E-state index contributed by atoms with van der Waals surface area (Å²) in [4.78, 5) is 28.9. The highest BCUT2D eigenvalue weighted by atomic mass is 16.5. The maximum atomic E-state index is 14.0. The highest BCUT2D eigenvalue weighted by Crippen LogP contribution is 2.25. The Bertz CT molecular complexity index is 1700. The van der Waals surface area contributed by atoms with E-state index >= 15 is 0 Å². The molecule has 3 N–H and O–H groups in total. The number of nitrogens with two attached hydrogens (primary N) is 1. The van der Waals surface area contributed by atoms with Gasteiger partial charge in [-0.1, -0.05) is 97.1 Å². The average Bonchev–Trinajstić information content (AvgIpc) is 3.04. The van der Waals surface area contributed by atoms with Crippen LogP contribution in [-0.2, 0) is 17.8 Å². The number of ketones is 1. The summed E-state index contributed by atoms with van der Waals surface area (Å²) in [6.45, 7) is 1.72. The van der Waals surface area contributed by atoms with Gasteiger partial charge in [0.05, 0.1) is 6.04 Å². The summed E-state index contributed by atoms with van der Waals surface area (Å²) in [5, 5.41) is 7.69. The predicted molar refractivity (Wildman–Crippen MR) is 170 cm³/mol. The van der Waals surface area contributed by atoms with Crippen molar-refractivity contribution in [2.24, 2.45) is 5.73 Å². The summed E-state index contributed by atoms with van der Waals surface area (Å²) < 4.78 is 6.03. The summed E-state index contributed by atoms with van der Waals surface area (Å²) in [6, 6.07) is 41.1. The van der Waals surface area contributed by atoms with Crippen molar-refractivity contribution in [2.75, 3.05) is 0 Å². The number of carbonyl (C=O) groups is 2. The molecule has 0 fully saturated rings. The van der Waals surface area contributed by atoms with Crippen molar-refractivity contribution >= 4 is 17.5 Å². The third-order valence-electron chi connectivity index (χ3n) is 7.27. The van der Waals surface area contributed by atoms with Crippen molar-refractivity contribution in [2.45, 2.75) is 25.9 Å². The van der Waals surface area contributed by atoms with Gasteiger partial charge in [0.15, 0.2) is 5.78 Å². The van der Waals surface area contributed by atoms with E-state index < -0.39 is 6.04 Å². The molecule has 0 saturated carbocycles. The van der Waals surface area contributed by atoms with E-state index in [-0.39, 0.29) is 24.1 Å². The highest BCUT2D eigenvalue weighted by Gasteiger charge is 2.29. The fourth-order valence-electron chi connectivity index (χ4n) is 4.97. The molecule has 0 bridgehead atoms. The number of amidine groups is 1. The van der Waals surface area contributed by atoms with Crippen molar-refractivity contribution in [1.29, 1.82) is 5.41 Å².